The molecule has 2 rings (SSSR count). The number of halogens is 1. The Kier molecular flexibility index (Phi) is 4.66. The number of hydrogen-bond donors (Lipinski definition) is 2. The molecule has 2 atom stereocenters. The van der Waals surface area contributed by atoms with E-state index in [4.69, 9.17) is 5.73 Å². The Balaban J connectivity index is 2.24. The molecule has 4 nitrogen and oxygen atoms in total. The number of rotatable bonds is 3. The van der Waals surface area contributed by atoms with Crippen molar-refractivity contribution in [2.45, 2.75) is 49.6 Å². The van der Waals surface area contributed by atoms with E-state index in [-0.39, 0.29) is 12.1 Å². The summed E-state index contributed by atoms with van der Waals surface area (Å²) in [4.78, 5) is 0.319. The molecule has 0 aliphatic heterocycles. The molecule has 3 N–H and O–H groups in total. The molecule has 2 unspecified atom stereocenters. The van der Waals surface area contributed by atoms with Crippen molar-refractivity contribution in [1.82, 2.24) is 4.72 Å². The average Bonchev–Trinajstić information content (AvgIpc) is 2.35. The van der Waals surface area contributed by atoms with Gasteiger partial charge in [-0.15, -0.1) is 0 Å². The van der Waals surface area contributed by atoms with Crippen LogP contribution in [0.25, 0.3) is 0 Å². The zero-order valence-corrected chi connectivity index (χ0v) is 13.3. The van der Waals surface area contributed by atoms with E-state index in [1.54, 1.807) is 19.1 Å². The predicted molar refractivity (Wildman–Crippen MR) is 79.4 cm³/mol. The summed E-state index contributed by atoms with van der Waals surface area (Å²) in [6.45, 7) is 1.79. The molecule has 1 aromatic rings. The highest BCUT2D eigenvalue weighted by Gasteiger charge is 2.27. The Labute approximate surface area is 122 Å². The molecule has 0 aromatic heterocycles. The van der Waals surface area contributed by atoms with Crippen LogP contribution in [0.3, 0.4) is 0 Å². The molecule has 1 fully saturated rings. The van der Waals surface area contributed by atoms with Gasteiger partial charge in [-0.25, -0.2) is 13.1 Å². The number of nitrogens with one attached hydrogen (secondary N) is 1. The summed E-state index contributed by atoms with van der Waals surface area (Å²) in [6, 6.07) is 5.01. The molecule has 0 bridgehead atoms. The molecule has 1 aromatic carbocycles. The maximum atomic E-state index is 12.4. The zero-order chi connectivity index (χ0) is 14.0. The number of sulfonamides is 1. The Morgan fingerprint density at radius 1 is 1.32 bits per heavy atom. The van der Waals surface area contributed by atoms with Crippen molar-refractivity contribution in [2.24, 2.45) is 5.73 Å². The smallest absolute Gasteiger partial charge is 0.241 e. The molecule has 19 heavy (non-hydrogen) atoms. The highest BCUT2D eigenvalue weighted by Crippen LogP contribution is 2.23. The maximum absolute atomic E-state index is 12.4. The van der Waals surface area contributed by atoms with Gasteiger partial charge in [0, 0.05) is 16.6 Å². The van der Waals surface area contributed by atoms with Crippen LogP contribution in [-0.4, -0.2) is 20.5 Å². The van der Waals surface area contributed by atoms with E-state index >= 15 is 0 Å². The van der Waals surface area contributed by atoms with Gasteiger partial charge in [0.15, 0.2) is 0 Å². The number of nitrogens with two attached hydrogens (primary N) is 1. The summed E-state index contributed by atoms with van der Waals surface area (Å²) in [5.74, 6) is 0. The predicted octanol–water partition coefficient (Wildman–Crippen LogP) is 2.31. The first kappa shape index (κ1) is 15.0. The van der Waals surface area contributed by atoms with E-state index in [0.717, 1.165) is 35.7 Å². The fourth-order valence-electron chi connectivity index (χ4n) is 2.43. The van der Waals surface area contributed by atoms with E-state index in [0.29, 0.717) is 4.90 Å². The Morgan fingerprint density at radius 3 is 2.68 bits per heavy atom. The van der Waals surface area contributed by atoms with Crippen molar-refractivity contribution in [3.05, 3.63) is 28.2 Å². The Bertz CT molecular complexity index is 560. The summed E-state index contributed by atoms with van der Waals surface area (Å²) in [6.07, 6.45) is 3.80. The Hall–Kier alpha value is -0.430. The first-order chi connectivity index (χ1) is 8.90. The van der Waals surface area contributed by atoms with Crippen molar-refractivity contribution in [2.75, 3.05) is 0 Å². The summed E-state index contributed by atoms with van der Waals surface area (Å²) < 4.78 is 28.4. The molecular formula is C13H19BrN2O2S. The van der Waals surface area contributed by atoms with Crippen LogP contribution in [-0.2, 0) is 10.0 Å². The standard InChI is InChI=1S/C13H19BrN2O2S/c1-9-6-7-10(14)8-13(9)19(17,18)16-12-5-3-2-4-11(12)15/h6-8,11-12,16H,2-5,15H2,1H3. The van der Waals surface area contributed by atoms with Crippen molar-refractivity contribution in [3.63, 3.8) is 0 Å². The van der Waals surface area contributed by atoms with Gasteiger partial charge in [0.1, 0.15) is 0 Å². The van der Waals surface area contributed by atoms with Crippen LogP contribution < -0.4 is 10.5 Å². The molecule has 6 heteroatoms. The SMILES string of the molecule is Cc1ccc(Br)cc1S(=O)(=O)NC1CCCCC1N. The van der Waals surface area contributed by atoms with Crippen LogP contribution in [0.5, 0.6) is 0 Å². The molecule has 106 valence electrons. The quantitative estimate of drug-likeness (QED) is 0.881. The van der Waals surface area contributed by atoms with Gasteiger partial charge in [0.05, 0.1) is 4.90 Å². The van der Waals surface area contributed by atoms with Gasteiger partial charge >= 0.3 is 0 Å². The van der Waals surface area contributed by atoms with Crippen LogP contribution in [0.4, 0.5) is 0 Å². The maximum Gasteiger partial charge on any atom is 0.241 e. The fraction of sp³-hybridized carbons (Fsp3) is 0.538. The monoisotopic (exact) mass is 346 g/mol. The van der Waals surface area contributed by atoms with Gasteiger partial charge in [0.25, 0.3) is 0 Å². The van der Waals surface area contributed by atoms with Crippen molar-refractivity contribution in [3.8, 4) is 0 Å². The third-order valence-electron chi connectivity index (χ3n) is 3.57. The summed E-state index contributed by atoms with van der Waals surface area (Å²) in [5.41, 5.74) is 6.73. The van der Waals surface area contributed by atoms with Crippen LogP contribution in [0.15, 0.2) is 27.6 Å². The molecular weight excluding hydrogens is 328 g/mol. The second-order valence-electron chi connectivity index (χ2n) is 5.09. The first-order valence-corrected chi connectivity index (χ1v) is 8.72. The van der Waals surface area contributed by atoms with Gasteiger partial charge in [-0.05, 0) is 37.5 Å². The lowest BCUT2D eigenvalue weighted by Crippen LogP contribution is -2.49. The zero-order valence-electron chi connectivity index (χ0n) is 10.9. The van der Waals surface area contributed by atoms with Crippen LogP contribution in [0, 0.1) is 6.92 Å². The fourth-order valence-corrected chi connectivity index (χ4v) is 4.54. The van der Waals surface area contributed by atoms with Crippen molar-refractivity contribution >= 4 is 26.0 Å². The van der Waals surface area contributed by atoms with E-state index in [1.807, 2.05) is 6.07 Å². The lowest BCUT2D eigenvalue weighted by atomic mass is 9.92. The lowest BCUT2D eigenvalue weighted by molar-refractivity contribution is 0.361. The third-order valence-corrected chi connectivity index (χ3v) is 5.69. The second-order valence-corrected chi connectivity index (χ2v) is 7.68. The average molecular weight is 347 g/mol. The molecule has 0 heterocycles. The highest BCUT2D eigenvalue weighted by molar-refractivity contribution is 9.10. The van der Waals surface area contributed by atoms with Crippen molar-refractivity contribution < 1.29 is 8.42 Å². The van der Waals surface area contributed by atoms with Crippen LogP contribution >= 0.6 is 15.9 Å². The molecule has 1 aliphatic carbocycles. The van der Waals surface area contributed by atoms with Gasteiger partial charge in [-0.2, -0.15) is 0 Å². The normalized spacial score (nSPS) is 24.4. The van der Waals surface area contributed by atoms with E-state index in [9.17, 15) is 8.42 Å². The molecule has 0 saturated heterocycles. The minimum absolute atomic E-state index is 0.0871. The van der Waals surface area contributed by atoms with Crippen LogP contribution in [0.2, 0.25) is 0 Å². The second kappa shape index (κ2) is 5.91. The minimum atomic E-state index is -3.51. The number of hydrogen-bond acceptors (Lipinski definition) is 3. The number of aryl methyl sites for hydroxylation is 1. The number of benzene rings is 1. The third kappa shape index (κ3) is 3.56. The van der Waals surface area contributed by atoms with Crippen LogP contribution in [0.1, 0.15) is 31.2 Å². The van der Waals surface area contributed by atoms with Gasteiger partial charge in [-0.3, -0.25) is 0 Å². The Morgan fingerprint density at radius 2 is 2.00 bits per heavy atom. The first-order valence-electron chi connectivity index (χ1n) is 6.44. The highest BCUT2D eigenvalue weighted by atomic mass is 79.9. The minimum Gasteiger partial charge on any atom is -0.326 e. The summed E-state index contributed by atoms with van der Waals surface area (Å²) >= 11 is 3.31. The lowest BCUT2D eigenvalue weighted by Gasteiger charge is -2.29. The molecule has 1 aliphatic rings. The topological polar surface area (TPSA) is 72.2 Å². The largest absolute Gasteiger partial charge is 0.326 e. The molecule has 1 saturated carbocycles. The van der Waals surface area contributed by atoms with E-state index < -0.39 is 10.0 Å². The summed E-state index contributed by atoms with van der Waals surface area (Å²) in [7, 11) is -3.51. The van der Waals surface area contributed by atoms with E-state index in [1.165, 1.54) is 0 Å². The van der Waals surface area contributed by atoms with Gasteiger partial charge in [-0.1, -0.05) is 34.8 Å². The van der Waals surface area contributed by atoms with E-state index in [2.05, 4.69) is 20.7 Å². The van der Waals surface area contributed by atoms with Gasteiger partial charge in [0.2, 0.25) is 10.0 Å². The molecule has 0 spiro atoms. The molecule has 0 radical (unpaired) electrons. The molecule has 0 amide bonds. The van der Waals surface area contributed by atoms with Gasteiger partial charge < -0.3 is 5.73 Å². The summed E-state index contributed by atoms with van der Waals surface area (Å²) in [5, 5.41) is 0. The van der Waals surface area contributed by atoms with Crippen molar-refractivity contribution in [1.29, 1.82) is 0 Å².